The Bertz CT molecular complexity index is 181. The molecular formula is C10H18O4. The van der Waals surface area contributed by atoms with Gasteiger partial charge in [0, 0.05) is 6.61 Å². The predicted octanol–water partition coefficient (Wildman–Crippen LogP) is 1.44. The summed E-state index contributed by atoms with van der Waals surface area (Å²) in [6.45, 7) is 3.14. The van der Waals surface area contributed by atoms with Gasteiger partial charge >= 0.3 is 5.97 Å². The number of hydrogen-bond donors (Lipinski definition) is 1. The maximum atomic E-state index is 10.3. The minimum atomic E-state index is -0.802. The van der Waals surface area contributed by atoms with Gasteiger partial charge in [0.05, 0.1) is 25.2 Å². The Morgan fingerprint density at radius 3 is 3.07 bits per heavy atom. The summed E-state index contributed by atoms with van der Waals surface area (Å²) in [5.74, 6) is -0.802. The van der Waals surface area contributed by atoms with Crippen molar-refractivity contribution in [3.05, 3.63) is 0 Å². The molecule has 0 radical (unpaired) electrons. The van der Waals surface area contributed by atoms with Crippen LogP contribution in [-0.4, -0.2) is 36.5 Å². The molecule has 0 aromatic heterocycles. The van der Waals surface area contributed by atoms with E-state index >= 15 is 0 Å². The SMILES string of the molecule is CCC1CC(OCCC(=O)O)CCO1. The lowest BCUT2D eigenvalue weighted by molar-refractivity contribution is -0.139. The van der Waals surface area contributed by atoms with E-state index in [-0.39, 0.29) is 12.5 Å². The second-order valence-electron chi connectivity index (χ2n) is 3.56. The third-order valence-electron chi connectivity index (χ3n) is 2.44. The molecule has 1 rings (SSSR count). The monoisotopic (exact) mass is 202 g/mol. The molecule has 1 aliphatic rings. The summed E-state index contributed by atoms with van der Waals surface area (Å²) in [7, 11) is 0. The summed E-state index contributed by atoms with van der Waals surface area (Å²) in [4.78, 5) is 10.3. The lowest BCUT2D eigenvalue weighted by atomic mass is 10.0. The van der Waals surface area contributed by atoms with Crippen LogP contribution in [0.2, 0.25) is 0 Å². The molecule has 0 spiro atoms. The van der Waals surface area contributed by atoms with Gasteiger partial charge < -0.3 is 14.6 Å². The molecule has 14 heavy (non-hydrogen) atoms. The summed E-state index contributed by atoms with van der Waals surface area (Å²) >= 11 is 0. The van der Waals surface area contributed by atoms with Crippen LogP contribution in [0.4, 0.5) is 0 Å². The molecule has 1 aliphatic heterocycles. The van der Waals surface area contributed by atoms with Crippen LogP contribution >= 0.6 is 0 Å². The summed E-state index contributed by atoms with van der Waals surface area (Å²) in [5.41, 5.74) is 0. The van der Waals surface area contributed by atoms with E-state index in [1.54, 1.807) is 0 Å². The smallest absolute Gasteiger partial charge is 0.305 e. The first kappa shape index (κ1) is 11.5. The zero-order valence-electron chi connectivity index (χ0n) is 8.57. The fraction of sp³-hybridized carbons (Fsp3) is 0.900. The van der Waals surface area contributed by atoms with Gasteiger partial charge in [-0.05, 0) is 19.3 Å². The highest BCUT2D eigenvalue weighted by atomic mass is 16.5. The molecule has 4 heteroatoms. The van der Waals surface area contributed by atoms with Crippen LogP contribution in [0.3, 0.4) is 0 Å². The first-order valence-electron chi connectivity index (χ1n) is 5.17. The van der Waals surface area contributed by atoms with Crippen molar-refractivity contribution in [3.8, 4) is 0 Å². The molecule has 1 N–H and O–H groups in total. The Kier molecular flexibility index (Phi) is 4.90. The summed E-state index contributed by atoms with van der Waals surface area (Å²) in [5, 5.41) is 8.44. The Morgan fingerprint density at radius 1 is 1.64 bits per heavy atom. The molecule has 1 heterocycles. The first-order valence-corrected chi connectivity index (χ1v) is 5.17. The molecule has 0 aliphatic carbocycles. The van der Waals surface area contributed by atoms with E-state index in [1.807, 2.05) is 0 Å². The number of rotatable bonds is 5. The fourth-order valence-electron chi connectivity index (χ4n) is 1.59. The van der Waals surface area contributed by atoms with E-state index in [2.05, 4.69) is 6.92 Å². The van der Waals surface area contributed by atoms with Crippen LogP contribution in [0.5, 0.6) is 0 Å². The van der Waals surface area contributed by atoms with Crippen LogP contribution in [0.15, 0.2) is 0 Å². The van der Waals surface area contributed by atoms with Gasteiger partial charge in [-0.1, -0.05) is 6.92 Å². The lowest BCUT2D eigenvalue weighted by Crippen LogP contribution is -2.30. The highest BCUT2D eigenvalue weighted by Crippen LogP contribution is 2.18. The maximum Gasteiger partial charge on any atom is 0.305 e. The topological polar surface area (TPSA) is 55.8 Å². The molecule has 0 amide bonds. The van der Waals surface area contributed by atoms with Crippen LogP contribution < -0.4 is 0 Å². The number of ether oxygens (including phenoxy) is 2. The quantitative estimate of drug-likeness (QED) is 0.732. The molecular weight excluding hydrogens is 184 g/mol. The summed E-state index contributed by atoms with van der Waals surface area (Å²) < 4.78 is 11.0. The second-order valence-corrected chi connectivity index (χ2v) is 3.56. The molecule has 0 aromatic carbocycles. The first-order chi connectivity index (χ1) is 6.72. The van der Waals surface area contributed by atoms with Gasteiger partial charge in [0.15, 0.2) is 0 Å². The van der Waals surface area contributed by atoms with Crippen LogP contribution in [0.1, 0.15) is 32.6 Å². The van der Waals surface area contributed by atoms with Crippen molar-refractivity contribution in [1.82, 2.24) is 0 Å². The number of carbonyl (C=O) groups is 1. The minimum absolute atomic E-state index is 0.0914. The van der Waals surface area contributed by atoms with Gasteiger partial charge in [0.2, 0.25) is 0 Å². The standard InChI is InChI=1S/C10H18O4/c1-2-8-7-9(3-5-13-8)14-6-4-10(11)12/h8-9H,2-7H2,1H3,(H,11,12). The molecule has 0 aromatic rings. The zero-order chi connectivity index (χ0) is 10.4. The Hall–Kier alpha value is -0.610. The summed E-state index contributed by atoms with van der Waals surface area (Å²) in [6.07, 6.45) is 3.35. The van der Waals surface area contributed by atoms with E-state index < -0.39 is 5.97 Å². The van der Waals surface area contributed by atoms with Crippen LogP contribution in [-0.2, 0) is 14.3 Å². The van der Waals surface area contributed by atoms with Crippen LogP contribution in [0, 0.1) is 0 Å². The predicted molar refractivity (Wildman–Crippen MR) is 51.3 cm³/mol. The van der Waals surface area contributed by atoms with E-state index in [1.165, 1.54) is 0 Å². The van der Waals surface area contributed by atoms with Gasteiger partial charge in [0.25, 0.3) is 0 Å². The average molecular weight is 202 g/mol. The number of carboxylic acids is 1. The van der Waals surface area contributed by atoms with Crippen molar-refractivity contribution in [2.75, 3.05) is 13.2 Å². The van der Waals surface area contributed by atoms with E-state index in [9.17, 15) is 4.79 Å². The van der Waals surface area contributed by atoms with E-state index in [4.69, 9.17) is 14.6 Å². The molecule has 2 unspecified atom stereocenters. The largest absolute Gasteiger partial charge is 0.481 e. The van der Waals surface area contributed by atoms with Crippen molar-refractivity contribution in [2.45, 2.75) is 44.8 Å². The molecule has 82 valence electrons. The van der Waals surface area contributed by atoms with Gasteiger partial charge in [-0.2, -0.15) is 0 Å². The van der Waals surface area contributed by atoms with Crippen molar-refractivity contribution in [3.63, 3.8) is 0 Å². The second kappa shape index (κ2) is 5.98. The number of carboxylic acid groups (broad SMARTS) is 1. The van der Waals surface area contributed by atoms with Crippen molar-refractivity contribution >= 4 is 5.97 Å². The van der Waals surface area contributed by atoms with Crippen molar-refractivity contribution < 1.29 is 19.4 Å². The minimum Gasteiger partial charge on any atom is -0.481 e. The van der Waals surface area contributed by atoms with Crippen LogP contribution in [0.25, 0.3) is 0 Å². The maximum absolute atomic E-state index is 10.3. The molecule has 0 bridgehead atoms. The number of hydrogen-bond acceptors (Lipinski definition) is 3. The molecule has 4 nitrogen and oxygen atoms in total. The normalized spacial score (nSPS) is 27.5. The highest BCUT2D eigenvalue weighted by Gasteiger charge is 2.21. The summed E-state index contributed by atoms with van der Waals surface area (Å²) in [6, 6.07) is 0. The molecule has 1 saturated heterocycles. The zero-order valence-corrected chi connectivity index (χ0v) is 8.57. The third-order valence-corrected chi connectivity index (χ3v) is 2.44. The molecule has 2 atom stereocenters. The van der Waals surface area contributed by atoms with E-state index in [0.29, 0.717) is 12.7 Å². The van der Waals surface area contributed by atoms with Gasteiger partial charge in [-0.15, -0.1) is 0 Å². The molecule has 1 fully saturated rings. The lowest BCUT2D eigenvalue weighted by Gasteiger charge is -2.28. The third kappa shape index (κ3) is 4.07. The van der Waals surface area contributed by atoms with E-state index in [0.717, 1.165) is 25.9 Å². The van der Waals surface area contributed by atoms with Gasteiger partial charge in [-0.3, -0.25) is 4.79 Å². The number of aliphatic carboxylic acids is 1. The Labute approximate surface area is 84.2 Å². The van der Waals surface area contributed by atoms with Crippen molar-refractivity contribution in [1.29, 1.82) is 0 Å². The Morgan fingerprint density at radius 2 is 2.43 bits per heavy atom. The fourth-order valence-corrected chi connectivity index (χ4v) is 1.59. The highest BCUT2D eigenvalue weighted by molar-refractivity contribution is 5.66. The van der Waals surface area contributed by atoms with Gasteiger partial charge in [-0.25, -0.2) is 0 Å². The Balaban J connectivity index is 2.14. The van der Waals surface area contributed by atoms with Gasteiger partial charge in [0.1, 0.15) is 0 Å². The van der Waals surface area contributed by atoms with Crippen molar-refractivity contribution in [2.24, 2.45) is 0 Å². The average Bonchev–Trinajstić information content (AvgIpc) is 2.18. The molecule has 0 saturated carbocycles.